The van der Waals surface area contributed by atoms with Gasteiger partial charge in [-0.1, -0.05) is 17.7 Å². The van der Waals surface area contributed by atoms with E-state index in [1.165, 1.54) is 0 Å². The Morgan fingerprint density at radius 2 is 1.84 bits per heavy atom. The van der Waals surface area contributed by atoms with Crippen LogP contribution in [0.15, 0.2) is 24.4 Å². The maximum atomic E-state index is 14.2. The van der Waals surface area contributed by atoms with Crippen LogP contribution in [0.2, 0.25) is 5.02 Å². The number of H-pyrrole nitrogens is 1. The van der Waals surface area contributed by atoms with E-state index >= 15 is 0 Å². The van der Waals surface area contributed by atoms with Gasteiger partial charge < -0.3 is 28.9 Å². The Bertz CT molecular complexity index is 1880. The Hall–Kier alpha value is -3.97. The number of fused-ring (bicyclic) bond motifs is 2. The van der Waals surface area contributed by atoms with E-state index in [-0.39, 0.29) is 18.1 Å². The first kappa shape index (κ1) is 33.5. The lowest BCUT2D eigenvalue weighted by Crippen LogP contribution is -2.50. The molecule has 1 saturated carbocycles. The Balaban J connectivity index is 1.35. The van der Waals surface area contributed by atoms with Gasteiger partial charge in [-0.15, -0.1) is 0 Å². The second-order valence-corrected chi connectivity index (χ2v) is 14.8. The van der Waals surface area contributed by atoms with Gasteiger partial charge in [0.05, 0.1) is 16.7 Å². The minimum atomic E-state index is -2.80. The molecule has 0 unspecified atom stereocenters. The third-order valence-corrected chi connectivity index (χ3v) is 9.88. The van der Waals surface area contributed by atoms with Gasteiger partial charge >= 0.3 is 12.1 Å². The van der Waals surface area contributed by atoms with Gasteiger partial charge in [0.2, 0.25) is 0 Å². The molecule has 49 heavy (non-hydrogen) atoms. The summed E-state index contributed by atoms with van der Waals surface area (Å²) in [6.07, 6.45) is 1.90. The van der Waals surface area contributed by atoms with Crippen molar-refractivity contribution in [1.82, 2.24) is 30.0 Å². The summed E-state index contributed by atoms with van der Waals surface area (Å²) >= 11 is 7.18. The highest BCUT2D eigenvalue weighted by molar-refractivity contribution is 6.35. The van der Waals surface area contributed by atoms with Crippen LogP contribution < -0.4 is 14.4 Å². The SMILES string of the molecule is Cc1ccc2[nH]ncc2c1-c1c(Cl)cc2c(N3CCN(C(=O)OC(C)(C)C)CC3)nc(OC[C@@H]3CCCN3C)nc2c1OC1CC(F)(F)C1. The van der Waals surface area contributed by atoms with Gasteiger partial charge in [0, 0.05) is 67.0 Å². The third kappa shape index (κ3) is 6.79. The zero-order valence-electron chi connectivity index (χ0n) is 28.5. The van der Waals surface area contributed by atoms with Crippen LogP contribution in [-0.2, 0) is 4.74 Å². The molecular weight excluding hydrogens is 656 g/mol. The number of hydrogen-bond donors (Lipinski definition) is 1. The number of amides is 1. The van der Waals surface area contributed by atoms with Crippen molar-refractivity contribution in [2.24, 2.45) is 0 Å². The summed E-state index contributed by atoms with van der Waals surface area (Å²) in [5, 5.41) is 9.05. The van der Waals surface area contributed by atoms with Gasteiger partial charge in [-0.25, -0.2) is 13.6 Å². The highest BCUT2D eigenvalue weighted by atomic mass is 35.5. The monoisotopic (exact) mass is 697 g/mol. The molecule has 1 N–H and O–H groups in total. The van der Waals surface area contributed by atoms with Crippen LogP contribution in [0.25, 0.3) is 32.9 Å². The molecule has 2 aromatic carbocycles. The number of aromatic amines is 1. The Morgan fingerprint density at radius 1 is 1.08 bits per heavy atom. The number of benzene rings is 2. The molecule has 1 amide bonds. The van der Waals surface area contributed by atoms with E-state index in [2.05, 4.69) is 27.0 Å². The summed E-state index contributed by atoms with van der Waals surface area (Å²) in [4.78, 5) is 28.7. The lowest BCUT2D eigenvalue weighted by Gasteiger charge is -2.37. The normalized spacial score (nSPS) is 20.2. The standard InChI is InChI=1S/C35H42ClF2N7O4/c1-20-8-9-26-24(18-39-42-26)27(20)28-25(36)15-23-29(30(28)48-22-16-35(37,38)17-22)40-32(47-19-21-7-6-10-43(21)5)41-31(23)44-11-13-45(14-12-44)33(46)49-34(2,3)4/h8-9,15,18,21-22H,6-7,10-14,16-17,19H2,1-5H3,(H,39,42)/t21-/m0/s1. The average Bonchev–Trinajstić information content (AvgIpc) is 3.67. The van der Waals surface area contributed by atoms with Crippen LogP contribution >= 0.6 is 11.6 Å². The zero-order valence-corrected chi connectivity index (χ0v) is 29.2. The molecule has 0 radical (unpaired) electrons. The molecule has 2 aliphatic heterocycles. The summed E-state index contributed by atoms with van der Waals surface area (Å²) in [5.74, 6) is -1.92. The molecule has 2 saturated heterocycles. The molecular formula is C35H42ClF2N7O4. The Labute approximate surface area is 288 Å². The molecule has 4 heterocycles. The molecule has 4 aromatic rings. The highest BCUT2D eigenvalue weighted by Crippen LogP contribution is 2.50. The number of nitrogens with zero attached hydrogens (tertiary/aromatic N) is 6. The van der Waals surface area contributed by atoms with Gasteiger partial charge in [-0.05, 0) is 71.8 Å². The quantitative estimate of drug-likeness (QED) is 0.222. The fraction of sp³-hybridized carbons (Fsp3) is 0.543. The zero-order chi connectivity index (χ0) is 34.7. The molecule has 1 atom stereocenters. The van der Waals surface area contributed by atoms with Crippen molar-refractivity contribution in [2.75, 3.05) is 51.3 Å². The maximum absolute atomic E-state index is 14.2. The van der Waals surface area contributed by atoms with Gasteiger partial charge in [0.1, 0.15) is 29.6 Å². The predicted octanol–water partition coefficient (Wildman–Crippen LogP) is 6.84. The van der Waals surface area contributed by atoms with E-state index in [0.29, 0.717) is 65.8 Å². The number of alkyl halides is 2. The maximum Gasteiger partial charge on any atom is 0.410 e. The number of likely N-dealkylation sites (tertiary alicyclic amines) is 1. The van der Waals surface area contributed by atoms with Crippen molar-refractivity contribution in [1.29, 1.82) is 0 Å². The number of carbonyl (C=O) groups is 1. The average molecular weight is 698 g/mol. The number of likely N-dealkylation sites (N-methyl/N-ethyl adjacent to an activating group) is 1. The van der Waals surface area contributed by atoms with E-state index in [4.69, 9.17) is 35.8 Å². The van der Waals surface area contributed by atoms with Gasteiger partial charge in [-0.3, -0.25) is 5.10 Å². The number of piperazine rings is 1. The van der Waals surface area contributed by atoms with Crippen molar-refractivity contribution < 1.29 is 27.8 Å². The van der Waals surface area contributed by atoms with Crippen LogP contribution in [0, 0.1) is 6.92 Å². The van der Waals surface area contributed by atoms with Crippen molar-refractivity contribution in [3.8, 4) is 22.9 Å². The number of ether oxygens (including phenoxy) is 3. The molecule has 2 aromatic heterocycles. The second-order valence-electron chi connectivity index (χ2n) is 14.4. The van der Waals surface area contributed by atoms with Crippen molar-refractivity contribution >= 4 is 45.3 Å². The first-order valence-corrected chi connectivity index (χ1v) is 17.2. The molecule has 7 rings (SSSR count). The minimum Gasteiger partial charge on any atom is -0.487 e. The third-order valence-electron chi connectivity index (χ3n) is 9.58. The van der Waals surface area contributed by atoms with Gasteiger partial charge in [-0.2, -0.15) is 15.1 Å². The summed E-state index contributed by atoms with van der Waals surface area (Å²) < 4.78 is 46.7. The Kier molecular flexibility index (Phi) is 8.71. The largest absolute Gasteiger partial charge is 0.487 e. The van der Waals surface area contributed by atoms with Crippen LogP contribution in [0.3, 0.4) is 0 Å². The number of aryl methyl sites for hydroxylation is 1. The van der Waals surface area contributed by atoms with Gasteiger partial charge in [0.25, 0.3) is 5.92 Å². The van der Waals surface area contributed by atoms with Crippen LogP contribution in [-0.4, -0.2) is 106 Å². The van der Waals surface area contributed by atoms with Crippen molar-refractivity contribution in [3.05, 3.63) is 35.0 Å². The molecule has 1 aliphatic carbocycles. The van der Waals surface area contributed by atoms with Crippen LogP contribution in [0.1, 0.15) is 52.0 Å². The number of nitrogens with one attached hydrogen (secondary N) is 1. The smallest absolute Gasteiger partial charge is 0.410 e. The van der Waals surface area contributed by atoms with E-state index < -0.39 is 30.5 Å². The number of rotatable bonds is 7. The Morgan fingerprint density at radius 3 is 2.51 bits per heavy atom. The molecule has 0 spiro atoms. The number of aromatic nitrogens is 4. The summed E-state index contributed by atoms with van der Waals surface area (Å²) in [6, 6.07) is 6.09. The number of hydrogen-bond acceptors (Lipinski definition) is 9. The van der Waals surface area contributed by atoms with Crippen molar-refractivity contribution in [3.63, 3.8) is 0 Å². The molecule has 11 nitrogen and oxygen atoms in total. The van der Waals surface area contributed by atoms with E-state index in [1.807, 2.05) is 45.9 Å². The first-order valence-electron chi connectivity index (χ1n) is 16.8. The predicted molar refractivity (Wildman–Crippen MR) is 184 cm³/mol. The summed E-state index contributed by atoms with van der Waals surface area (Å²) in [7, 11) is 2.07. The fourth-order valence-electron chi connectivity index (χ4n) is 6.93. The number of carbonyl (C=O) groups excluding carboxylic acids is 1. The van der Waals surface area contributed by atoms with Gasteiger partial charge in [0.15, 0.2) is 5.75 Å². The van der Waals surface area contributed by atoms with Crippen molar-refractivity contribution in [2.45, 2.75) is 77.0 Å². The summed E-state index contributed by atoms with van der Waals surface area (Å²) in [5.41, 5.74) is 2.85. The minimum absolute atomic E-state index is 0.160. The molecule has 14 heteroatoms. The van der Waals surface area contributed by atoms with Crippen LogP contribution in [0.5, 0.6) is 11.8 Å². The van der Waals surface area contributed by atoms with E-state index in [0.717, 1.165) is 41.4 Å². The number of halogens is 3. The highest BCUT2D eigenvalue weighted by Gasteiger charge is 2.47. The second kappa shape index (κ2) is 12.7. The molecule has 3 fully saturated rings. The molecule has 0 bridgehead atoms. The number of anilines is 1. The van der Waals surface area contributed by atoms with E-state index in [1.54, 1.807) is 11.1 Å². The van der Waals surface area contributed by atoms with E-state index in [9.17, 15) is 13.6 Å². The fourth-order valence-corrected chi connectivity index (χ4v) is 7.21. The lowest BCUT2D eigenvalue weighted by atomic mass is 9.90. The summed E-state index contributed by atoms with van der Waals surface area (Å²) in [6.45, 7) is 10.6. The molecule has 3 aliphatic rings. The first-order chi connectivity index (χ1) is 23.3. The lowest BCUT2D eigenvalue weighted by molar-refractivity contribution is -0.134. The topological polar surface area (TPSA) is 109 Å². The molecule has 262 valence electrons. The van der Waals surface area contributed by atoms with Crippen LogP contribution in [0.4, 0.5) is 19.4 Å².